The van der Waals surface area contributed by atoms with Crippen molar-refractivity contribution < 1.29 is 27.8 Å². The molecule has 2 aromatic heterocycles. The molecule has 4 aromatic rings. The van der Waals surface area contributed by atoms with Crippen LogP contribution in [0.2, 0.25) is 15.2 Å². The average molecular weight is 595 g/mol. The van der Waals surface area contributed by atoms with E-state index in [9.17, 15) is 32.6 Å². The number of rotatable bonds is 7. The van der Waals surface area contributed by atoms with Crippen molar-refractivity contribution in [3.63, 3.8) is 0 Å². The number of benzene rings is 2. The topological polar surface area (TPSA) is 98.1 Å². The van der Waals surface area contributed by atoms with E-state index in [1.807, 2.05) is 0 Å². The SMILES string of the molecule is C[C@H](O)c1nc(Cn2c(Cl)c(-c3ccc(Cl)cc3)n(CC(O)C(F)(F)F)c2=O)nn1-c1ccc(F)cc1Cl. The van der Waals surface area contributed by atoms with Crippen LogP contribution >= 0.6 is 34.8 Å². The number of hydrogen-bond acceptors (Lipinski definition) is 5. The Morgan fingerprint density at radius 3 is 2.26 bits per heavy atom. The zero-order valence-corrected chi connectivity index (χ0v) is 21.6. The van der Waals surface area contributed by atoms with Crippen LogP contribution in [-0.2, 0) is 13.1 Å². The number of halogens is 7. The summed E-state index contributed by atoms with van der Waals surface area (Å²) in [6.07, 6.45) is -9.01. The van der Waals surface area contributed by atoms with E-state index < -0.39 is 43.0 Å². The van der Waals surface area contributed by atoms with Crippen molar-refractivity contribution in [2.75, 3.05) is 0 Å². The highest BCUT2D eigenvalue weighted by Crippen LogP contribution is 2.31. The van der Waals surface area contributed by atoms with Crippen molar-refractivity contribution in [3.05, 3.63) is 85.6 Å². The molecule has 0 saturated carbocycles. The molecule has 8 nitrogen and oxygen atoms in total. The molecular weight excluding hydrogens is 577 g/mol. The smallest absolute Gasteiger partial charge is 0.385 e. The Kier molecular flexibility index (Phi) is 7.91. The van der Waals surface area contributed by atoms with Crippen molar-refractivity contribution in [1.82, 2.24) is 23.9 Å². The van der Waals surface area contributed by atoms with Gasteiger partial charge in [-0.05, 0) is 37.3 Å². The fraction of sp³-hybridized carbons (Fsp3) is 0.261. The van der Waals surface area contributed by atoms with Gasteiger partial charge in [0.1, 0.15) is 17.1 Å². The van der Waals surface area contributed by atoms with E-state index in [0.717, 1.165) is 21.4 Å². The first-order valence-electron chi connectivity index (χ1n) is 10.9. The Hall–Kier alpha value is -2.90. The normalized spacial score (nSPS) is 13.6. The van der Waals surface area contributed by atoms with Gasteiger partial charge in [-0.2, -0.15) is 13.2 Å². The maximum atomic E-state index is 13.5. The van der Waals surface area contributed by atoms with Gasteiger partial charge in [0.25, 0.3) is 0 Å². The minimum Gasteiger partial charge on any atom is -0.385 e. The first kappa shape index (κ1) is 28.1. The third kappa shape index (κ3) is 5.59. The van der Waals surface area contributed by atoms with E-state index >= 15 is 0 Å². The molecule has 0 fully saturated rings. The molecule has 2 N–H and O–H groups in total. The molecule has 0 aliphatic carbocycles. The van der Waals surface area contributed by atoms with Gasteiger partial charge in [-0.3, -0.25) is 9.13 Å². The standard InChI is InChI=1S/C23H18Cl3F4N5O3/c1-11(36)21-31-18(32-35(21)16-7-6-14(27)8-15(16)25)10-34-20(26)19(12-2-4-13(24)5-3-12)33(22(34)38)9-17(37)23(28,29)30/h2-8,11,17,36-37H,9-10H2,1H3/t11-,17?/m0/s1. The highest BCUT2D eigenvalue weighted by atomic mass is 35.5. The molecule has 0 amide bonds. The van der Waals surface area contributed by atoms with Crippen molar-refractivity contribution in [1.29, 1.82) is 0 Å². The van der Waals surface area contributed by atoms with Crippen molar-refractivity contribution in [2.24, 2.45) is 0 Å². The molecule has 0 spiro atoms. The summed E-state index contributed by atoms with van der Waals surface area (Å²) in [6, 6.07) is 9.32. The second-order valence-corrected chi connectivity index (χ2v) is 9.45. The zero-order valence-electron chi connectivity index (χ0n) is 19.3. The summed E-state index contributed by atoms with van der Waals surface area (Å²) in [5.74, 6) is -0.655. The Balaban J connectivity index is 1.83. The number of alkyl halides is 3. The first-order valence-corrected chi connectivity index (χ1v) is 12.0. The Bertz CT molecular complexity index is 1530. The predicted molar refractivity (Wildman–Crippen MR) is 132 cm³/mol. The van der Waals surface area contributed by atoms with Gasteiger partial charge in [-0.1, -0.05) is 46.9 Å². The fourth-order valence-electron chi connectivity index (χ4n) is 3.71. The van der Waals surface area contributed by atoms with Crippen LogP contribution in [0.3, 0.4) is 0 Å². The van der Waals surface area contributed by atoms with Crippen molar-refractivity contribution in [2.45, 2.75) is 38.4 Å². The van der Waals surface area contributed by atoms with Crippen LogP contribution in [0.15, 0.2) is 47.3 Å². The summed E-state index contributed by atoms with van der Waals surface area (Å²) in [5.41, 5.74) is -0.605. The molecule has 0 radical (unpaired) electrons. The van der Waals surface area contributed by atoms with Crippen LogP contribution in [0.25, 0.3) is 16.9 Å². The average Bonchev–Trinajstić information content (AvgIpc) is 3.34. The summed E-state index contributed by atoms with van der Waals surface area (Å²) in [6.45, 7) is -0.146. The molecule has 2 atom stereocenters. The number of aliphatic hydroxyl groups excluding tert-OH is 2. The Morgan fingerprint density at radius 2 is 1.68 bits per heavy atom. The minimum atomic E-state index is -4.99. The highest BCUT2D eigenvalue weighted by molar-refractivity contribution is 6.32. The molecule has 0 aliphatic heterocycles. The van der Waals surface area contributed by atoms with E-state index in [-0.39, 0.29) is 38.8 Å². The van der Waals surface area contributed by atoms with Crippen LogP contribution < -0.4 is 5.69 Å². The quantitative estimate of drug-likeness (QED) is 0.293. The van der Waals surface area contributed by atoms with Gasteiger partial charge in [-0.15, -0.1) is 5.10 Å². The van der Waals surface area contributed by atoms with Gasteiger partial charge >= 0.3 is 11.9 Å². The van der Waals surface area contributed by atoms with E-state index in [1.54, 1.807) is 0 Å². The fourth-order valence-corrected chi connectivity index (χ4v) is 4.42. The maximum Gasteiger partial charge on any atom is 0.416 e. The van der Waals surface area contributed by atoms with Crippen molar-refractivity contribution in [3.8, 4) is 16.9 Å². The van der Waals surface area contributed by atoms with Gasteiger partial charge in [-0.25, -0.2) is 18.9 Å². The third-order valence-electron chi connectivity index (χ3n) is 5.50. The maximum absolute atomic E-state index is 13.5. The second kappa shape index (κ2) is 10.7. The van der Waals surface area contributed by atoms with Crippen LogP contribution in [0.5, 0.6) is 0 Å². The number of nitrogens with zero attached hydrogens (tertiary/aromatic N) is 5. The van der Waals surface area contributed by atoms with Gasteiger partial charge in [0.05, 0.1) is 29.5 Å². The molecule has 4 rings (SSSR count). The summed E-state index contributed by atoms with van der Waals surface area (Å²) >= 11 is 18.5. The largest absolute Gasteiger partial charge is 0.416 e. The lowest BCUT2D eigenvalue weighted by Gasteiger charge is -2.16. The molecular formula is C23H18Cl3F4N5O3. The Morgan fingerprint density at radius 1 is 1.03 bits per heavy atom. The monoisotopic (exact) mass is 593 g/mol. The van der Waals surface area contributed by atoms with Crippen LogP contribution in [0.4, 0.5) is 17.6 Å². The molecule has 0 bridgehead atoms. The molecule has 0 aliphatic rings. The van der Waals surface area contributed by atoms with Crippen LogP contribution in [-0.4, -0.2) is 46.4 Å². The summed E-state index contributed by atoms with van der Waals surface area (Å²) in [5, 5.41) is 24.2. The van der Waals surface area contributed by atoms with Crippen LogP contribution in [0.1, 0.15) is 24.7 Å². The van der Waals surface area contributed by atoms with E-state index in [1.165, 1.54) is 37.3 Å². The first-order chi connectivity index (χ1) is 17.8. The lowest BCUT2D eigenvalue weighted by molar-refractivity contribution is -0.207. The van der Waals surface area contributed by atoms with E-state index in [0.29, 0.717) is 9.59 Å². The summed E-state index contributed by atoms with van der Waals surface area (Å²) < 4.78 is 55.8. The lowest BCUT2D eigenvalue weighted by atomic mass is 10.1. The molecule has 38 heavy (non-hydrogen) atoms. The molecule has 0 saturated heterocycles. The summed E-state index contributed by atoms with van der Waals surface area (Å²) in [7, 11) is 0. The minimum absolute atomic E-state index is 0.00234. The summed E-state index contributed by atoms with van der Waals surface area (Å²) in [4.78, 5) is 17.5. The molecule has 15 heteroatoms. The molecule has 202 valence electrons. The van der Waals surface area contributed by atoms with Gasteiger partial charge in [0.15, 0.2) is 17.8 Å². The van der Waals surface area contributed by atoms with Crippen LogP contribution in [0, 0.1) is 5.82 Å². The second-order valence-electron chi connectivity index (χ2n) is 8.25. The number of aliphatic hydroxyl groups is 2. The Labute approximate surface area is 227 Å². The third-order valence-corrected chi connectivity index (χ3v) is 6.44. The van der Waals surface area contributed by atoms with E-state index in [4.69, 9.17) is 34.8 Å². The predicted octanol–water partition coefficient (Wildman–Crippen LogP) is 5.02. The number of aromatic nitrogens is 5. The van der Waals surface area contributed by atoms with Gasteiger partial charge in [0, 0.05) is 10.6 Å². The van der Waals surface area contributed by atoms with Gasteiger partial charge < -0.3 is 10.2 Å². The zero-order chi connectivity index (χ0) is 27.9. The van der Waals surface area contributed by atoms with Gasteiger partial charge in [0.2, 0.25) is 0 Å². The molecule has 2 heterocycles. The lowest BCUT2D eigenvalue weighted by Crippen LogP contribution is -2.37. The van der Waals surface area contributed by atoms with E-state index in [2.05, 4.69) is 10.1 Å². The van der Waals surface area contributed by atoms with Crippen molar-refractivity contribution >= 4 is 34.8 Å². The highest BCUT2D eigenvalue weighted by Gasteiger charge is 2.39. The molecule has 2 aromatic carbocycles. The number of imidazole rings is 1. The number of hydrogen-bond donors (Lipinski definition) is 2. The molecule has 1 unspecified atom stereocenters.